The maximum absolute atomic E-state index is 12.1. The van der Waals surface area contributed by atoms with Gasteiger partial charge in [-0.1, -0.05) is 13.8 Å². The highest BCUT2D eigenvalue weighted by Gasteiger charge is 2.28. The lowest BCUT2D eigenvalue weighted by atomic mass is 9.98. The first-order chi connectivity index (χ1) is 12.9. The number of nitrogens with one attached hydrogen (secondary N) is 2. The number of Topliss-reactive ketones (excluding diaryl/α,β-unsaturated/α-hetero) is 1. The highest BCUT2D eigenvalue weighted by molar-refractivity contribution is 6.07. The number of allylic oxidation sites excluding steroid dienone is 2. The summed E-state index contributed by atoms with van der Waals surface area (Å²) in [6.45, 7) is 6.58. The molecule has 0 fully saturated rings. The van der Waals surface area contributed by atoms with E-state index in [0.29, 0.717) is 18.7 Å². The Kier molecular flexibility index (Phi) is 10.2. The van der Waals surface area contributed by atoms with E-state index in [9.17, 15) is 14.7 Å². The quantitative estimate of drug-likeness (QED) is 0.577. The van der Waals surface area contributed by atoms with Gasteiger partial charge in [0, 0.05) is 33.4 Å². The number of phenols is 1. The Hall–Kier alpha value is -3.05. The summed E-state index contributed by atoms with van der Waals surface area (Å²) in [6, 6.07) is 4.68. The van der Waals surface area contributed by atoms with Gasteiger partial charge in [0.2, 0.25) is 0 Å². The number of aliphatic hydroxyl groups excluding tert-OH is 1. The summed E-state index contributed by atoms with van der Waals surface area (Å²) < 4.78 is 0. The average Bonchev–Trinajstić information content (AvgIpc) is 2.69. The van der Waals surface area contributed by atoms with E-state index in [4.69, 9.17) is 10.4 Å². The number of carbonyl (C=O) groups excluding carboxylic acids is 2. The van der Waals surface area contributed by atoms with Crippen molar-refractivity contribution in [2.45, 2.75) is 27.2 Å². The van der Waals surface area contributed by atoms with Gasteiger partial charge < -0.3 is 25.7 Å². The van der Waals surface area contributed by atoms with Gasteiger partial charge in [-0.15, -0.1) is 0 Å². The zero-order valence-corrected chi connectivity index (χ0v) is 16.7. The van der Waals surface area contributed by atoms with E-state index in [1.54, 1.807) is 14.1 Å². The molecule has 0 spiro atoms. The molecule has 0 saturated heterocycles. The van der Waals surface area contributed by atoms with Crippen molar-refractivity contribution in [3.8, 4) is 11.8 Å². The summed E-state index contributed by atoms with van der Waals surface area (Å²) in [6.07, 6.45) is 0.304. The standard InChI is InChI=1S/C16H18N4O3.C2H6.CH4O/c1-4-18-11-7-13(21)14(11)19-12-6-9(8-17)5-10(15(12)22)16(23)20(2)3;2*1-2/h5-6,18-19,22H,4,7H2,1-3H3;1-2H3;2H,1H3. The monoisotopic (exact) mass is 376 g/mol. The summed E-state index contributed by atoms with van der Waals surface area (Å²) in [5.74, 6) is -0.808. The summed E-state index contributed by atoms with van der Waals surface area (Å²) in [5, 5.41) is 32.3. The summed E-state index contributed by atoms with van der Waals surface area (Å²) >= 11 is 0. The molecule has 148 valence electrons. The first-order valence-corrected chi connectivity index (χ1v) is 8.59. The van der Waals surface area contributed by atoms with Crippen molar-refractivity contribution in [3.63, 3.8) is 0 Å². The Morgan fingerprint density at radius 1 is 1.30 bits per heavy atom. The molecule has 2 rings (SSSR count). The molecule has 1 aromatic carbocycles. The third-order valence-electron chi connectivity index (χ3n) is 3.44. The number of ketones is 1. The van der Waals surface area contributed by atoms with Crippen molar-refractivity contribution >= 4 is 17.4 Å². The van der Waals surface area contributed by atoms with Crippen molar-refractivity contribution in [3.05, 3.63) is 34.7 Å². The number of aliphatic hydroxyl groups is 1. The predicted molar refractivity (Wildman–Crippen MR) is 104 cm³/mol. The normalized spacial score (nSPS) is 11.7. The highest BCUT2D eigenvalue weighted by Crippen LogP contribution is 2.33. The first-order valence-electron chi connectivity index (χ1n) is 8.59. The van der Waals surface area contributed by atoms with Crippen LogP contribution >= 0.6 is 0 Å². The third kappa shape index (κ3) is 5.72. The van der Waals surface area contributed by atoms with Crippen LogP contribution in [0.2, 0.25) is 0 Å². The molecule has 8 nitrogen and oxygen atoms in total. The molecule has 1 aromatic rings. The zero-order chi connectivity index (χ0) is 21.1. The van der Waals surface area contributed by atoms with Crippen molar-refractivity contribution in [2.24, 2.45) is 0 Å². The Morgan fingerprint density at radius 3 is 2.33 bits per heavy atom. The van der Waals surface area contributed by atoms with Gasteiger partial charge >= 0.3 is 0 Å². The number of aromatic hydroxyl groups is 1. The summed E-state index contributed by atoms with van der Waals surface area (Å²) in [4.78, 5) is 25.2. The Labute approximate surface area is 160 Å². The number of amides is 1. The Balaban J connectivity index is 0.00000158. The van der Waals surface area contributed by atoms with E-state index in [2.05, 4.69) is 10.6 Å². The van der Waals surface area contributed by atoms with E-state index in [1.807, 2.05) is 26.8 Å². The van der Waals surface area contributed by atoms with Crippen LogP contribution in [0.3, 0.4) is 0 Å². The molecule has 0 radical (unpaired) electrons. The van der Waals surface area contributed by atoms with E-state index < -0.39 is 5.91 Å². The number of hydrogen-bond acceptors (Lipinski definition) is 7. The van der Waals surface area contributed by atoms with E-state index in [0.717, 1.165) is 12.8 Å². The maximum atomic E-state index is 12.1. The van der Waals surface area contributed by atoms with Gasteiger partial charge in [-0.05, 0) is 19.1 Å². The molecule has 1 amide bonds. The van der Waals surface area contributed by atoms with Gasteiger partial charge in [0.1, 0.15) is 5.70 Å². The lowest BCUT2D eigenvalue weighted by Crippen LogP contribution is -2.32. The molecule has 1 aliphatic carbocycles. The Morgan fingerprint density at radius 2 is 1.89 bits per heavy atom. The number of rotatable bonds is 5. The van der Waals surface area contributed by atoms with Crippen LogP contribution in [-0.4, -0.2) is 54.6 Å². The van der Waals surface area contributed by atoms with Crippen molar-refractivity contribution in [1.82, 2.24) is 10.2 Å². The number of carbonyl (C=O) groups is 2. The minimum Gasteiger partial charge on any atom is -0.505 e. The van der Waals surface area contributed by atoms with Crippen molar-refractivity contribution in [1.29, 1.82) is 5.26 Å². The Bertz CT molecular complexity index is 749. The molecule has 0 aromatic heterocycles. The van der Waals surface area contributed by atoms with Gasteiger partial charge in [0.15, 0.2) is 11.5 Å². The second kappa shape index (κ2) is 11.5. The molecule has 0 heterocycles. The second-order valence-electron chi connectivity index (χ2n) is 5.34. The smallest absolute Gasteiger partial charge is 0.257 e. The maximum Gasteiger partial charge on any atom is 0.257 e. The van der Waals surface area contributed by atoms with Crippen LogP contribution in [0.4, 0.5) is 5.69 Å². The van der Waals surface area contributed by atoms with Gasteiger partial charge in [-0.2, -0.15) is 5.26 Å². The van der Waals surface area contributed by atoms with E-state index >= 15 is 0 Å². The van der Waals surface area contributed by atoms with Crippen LogP contribution in [-0.2, 0) is 4.79 Å². The fraction of sp³-hybridized carbons (Fsp3) is 0.421. The summed E-state index contributed by atoms with van der Waals surface area (Å²) in [7, 11) is 4.10. The van der Waals surface area contributed by atoms with Crippen LogP contribution < -0.4 is 10.6 Å². The van der Waals surface area contributed by atoms with Gasteiger partial charge in [-0.3, -0.25) is 9.59 Å². The van der Waals surface area contributed by atoms with E-state index in [1.165, 1.54) is 17.0 Å². The van der Waals surface area contributed by atoms with Crippen LogP contribution in [0.25, 0.3) is 0 Å². The van der Waals surface area contributed by atoms with Crippen LogP contribution in [0.5, 0.6) is 5.75 Å². The van der Waals surface area contributed by atoms with Crippen LogP contribution in [0, 0.1) is 11.3 Å². The van der Waals surface area contributed by atoms with Gasteiger partial charge in [-0.25, -0.2) is 0 Å². The topological polar surface area (TPSA) is 126 Å². The van der Waals surface area contributed by atoms with E-state index in [-0.39, 0.29) is 28.3 Å². The number of nitrogens with zero attached hydrogens (tertiary/aromatic N) is 2. The molecule has 0 atom stereocenters. The van der Waals surface area contributed by atoms with Crippen molar-refractivity contribution < 1.29 is 19.8 Å². The summed E-state index contributed by atoms with van der Waals surface area (Å²) in [5.41, 5.74) is 1.48. The minimum absolute atomic E-state index is 0.00826. The molecular weight excluding hydrogens is 348 g/mol. The van der Waals surface area contributed by atoms with Gasteiger partial charge in [0.05, 0.1) is 29.3 Å². The molecule has 4 N–H and O–H groups in total. The number of phenolic OH excluding ortho intramolecular Hbond substituents is 1. The average molecular weight is 376 g/mol. The fourth-order valence-electron chi connectivity index (χ4n) is 2.24. The third-order valence-corrected chi connectivity index (χ3v) is 3.44. The van der Waals surface area contributed by atoms with Crippen LogP contribution in [0.15, 0.2) is 23.5 Å². The molecular formula is C19H28N4O4. The molecule has 8 heteroatoms. The molecule has 1 aliphatic rings. The minimum atomic E-state index is -0.427. The first kappa shape index (κ1) is 23.9. The lowest BCUT2D eigenvalue weighted by molar-refractivity contribution is -0.116. The fourth-order valence-corrected chi connectivity index (χ4v) is 2.24. The number of nitriles is 1. The molecule has 0 bridgehead atoms. The predicted octanol–water partition coefficient (Wildman–Crippen LogP) is 1.81. The number of hydrogen-bond donors (Lipinski definition) is 4. The van der Waals surface area contributed by atoms with Crippen LogP contribution in [0.1, 0.15) is 43.1 Å². The van der Waals surface area contributed by atoms with Gasteiger partial charge in [0.25, 0.3) is 5.91 Å². The molecule has 0 saturated carbocycles. The molecule has 27 heavy (non-hydrogen) atoms. The zero-order valence-electron chi connectivity index (χ0n) is 16.7. The number of anilines is 1. The molecule has 0 aliphatic heterocycles. The second-order valence-corrected chi connectivity index (χ2v) is 5.34. The number of benzene rings is 1. The lowest BCUT2D eigenvalue weighted by Gasteiger charge is -2.25. The largest absolute Gasteiger partial charge is 0.505 e. The SMILES string of the molecule is CC.CCNC1=C(Nc2cc(C#N)cc(C(=O)N(C)C)c2O)C(=O)C1.CO. The van der Waals surface area contributed by atoms with Crippen molar-refractivity contribution in [2.75, 3.05) is 33.1 Å². The highest BCUT2D eigenvalue weighted by atomic mass is 16.3. The molecule has 0 unspecified atom stereocenters.